The molecule has 4 nitrogen and oxygen atoms in total. The summed E-state index contributed by atoms with van der Waals surface area (Å²) in [6.07, 6.45) is 2.68. The van der Waals surface area contributed by atoms with E-state index in [1.54, 1.807) is 0 Å². The van der Waals surface area contributed by atoms with Crippen molar-refractivity contribution in [1.29, 1.82) is 0 Å². The van der Waals surface area contributed by atoms with Crippen molar-refractivity contribution in [1.82, 2.24) is 10.2 Å². The van der Waals surface area contributed by atoms with Gasteiger partial charge in [-0.2, -0.15) is 0 Å². The van der Waals surface area contributed by atoms with Crippen LogP contribution >= 0.6 is 0 Å². The number of rotatable bonds is 6. The van der Waals surface area contributed by atoms with Gasteiger partial charge in [-0.15, -0.1) is 0 Å². The minimum Gasteiger partial charge on any atom is -0.352 e. The SMILES string of the molecule is CC(C)CC(CN)CC(=O)NC1CCN(C)C1. The van der Waals surface area contributed by atoms with E-state index in [0.29, 0.717) is 30.8 Å². The molecule has 1 fully saturated rings. The Morgan fingerprint density at radius 2 is 2.24 bits per heavy atom. The Kier molecular flexibility index (Phi) is 5.92. The Balaban J connectivity index is 2.27. The van der Waals surface area contributed by atoms with Gasteiger partial charge in [-0.3, -0.25) is 4.79 Å². The van der Waals surface area contributed by atoms with Crippen LogP contribution in [0.3, 0.4) is 0 Å². The van der Waals surface area contributed by atoms with Crippen molar-refractivity contribution in [2.45, 2.75) is 39.2 Å². The van der Waals surface area contributed by atoms with Crippen LogP contribution in [0.2, 0.25) is 0 Å². The number of nitrogens with one attached hydrogen (secondary N) is 1. The van der Waals surface area contributed by atoms with Crippen LogP contribution in [0.15, 0.2) is 0 Å². The smallest absolute Gasteiger partial charge is 0.220 e. The Labute approximate surface area is 105 Å². The van der Waals surface area contributed by atoms with Crippen molar-refractivity contribution in [3.05, 3.63) is 0 Å². The molecule has 0 bridgehead atoms. The number of likely N-dealkylation sites (N-methyl/N-ethyl adjacent to an activating group) is 1. The first kappa shape index (κ1) is 14.5. The van der Waals surface area contributed by atoms with Gasteiger partial charge in [0.15, 0.2) is 0 Å². The molecule has 1 amide bonds. The molecule has 4 heteroatoms. The predicted molar refractivity (Wildman–Crippen MR) is 70.7 cm³/mol. The molecule has 0 aromatic rings. The monoisotopic (exact) mass is 241 g/mol. The summed E-state index contributed by atoms with van der Waals surface area (Å²) >= 11 is 0. The topological polar surface area (TPSA) is 58.4 Å². The molecule has 1 saturated heterocycles. The number of nitrogens with two attached hydrogens (primary N) is 1. The summed E-state index contributed by atoms with van der Waals surface area (Å²) < 4.78 is 0. The second-order valence-electron chi connectivity index (χ2n) is 5.75. The van der Waals surface area contributed by atoms with Crippen LogP contribution in [-0.4, -0.2) is 43.5 Å². The molecule has 2 atom stereocenters. The molecule has 0 saturated carbocycles. The predicted octanol–water partition coefficient (Wildman–Crippen LogP) is 0.818. The summed E-state index contributed by atoms with van der Waals surface area (Å²) in [4.78, 5) is 14.1. The second-order valence-corrected chi connectivity index (χ2v) is 5.75. The van der Waals surface area contributed by atoms with Crippen molar-refractivity contribution in [2.75, 3.05) is 26.7 Å². The van der Waals surface area contributed by atoms with Gasteiger partial charge in [0.2, 0.25) is 5.91 Å². The Hall–Kier alpha value is -0.610. The van der Waals surface area contributed by atoms with Gasteiger partial charge >= 0.3 is 0 Å². The summed E-state index contributed by atoms with van der Waals surface area (Å²) in [7, 11) is 2.09. The first-order valence-electron chi connectivity index (χ1n) is 6.69. The van der Waals surface area contributed by atoms with Crippen LogP contribution < -0.4 is 11.1 Å². The molecule has 2 unspecified atom stereocenters. The maximum absolute atomic E-state index is 11.9. The zero-order chi connectivity index (χ0) is 12.8. The third-order valence-corrected chi connectivity index (χ3v) is 3.37. The van der Waals surface area contributed by atoms with Crippen molar-refractivity contribution in [2.24, 2.45) is 17.6 Å². The highest BCUT2D eigenvalue weighted by molar-refractivity contribution is 5.76. The largest absolute Gasteiger partial charge is 0.352 e. The summed E-state index contributed by atoms with van der Waals surface area (Å²) in [5, 5.41) is 3.11. The van der Waals surface area contributed by atoms with Crippen LogP contribution in [0.4, 0.5) is 0 Å². The van der Waals surface area contributed by atoms with E-state index in [4.69, 9.17) is 5.73 Å². The molecular weight excluding hydrogens is 214 g/mol. The van der Waals surface area contributed by atoms with E-state index in [2.05, 4.69) is 31.1 Å². The number of hydrogen-bond acceptors (Lipinski definition) is 3. The van der Waals surface area contributed by atoms with E-state index in [-0.39, 0.29) is 5.91 Å². The van der Waals surface area contributed by atoms with Crippen LogP contribution in [-0.2, 0) is 4.79 Å². The third kappa shape index (κ3) is 5.50. The van der Waals surface area contributed by atoms with Crippen LogP contribution in [0.5, 0.6) is 0 Å². The number of carbonyl (C=O) groups is 1. The fraction of sp³-hybridized carbons (Fsp3) is 0.923. The highest BCUT2D eigenvalue weighted by atomic mass is 16.1. The molecule has 0 aromatic carbocycles. The van der Waals surface area contributed by atoms with E-state index in [1.807, 2.05) is 0 Å². The van der Waals surface area contributed by atoms with Crippen molar-refractivity contribution in [3.63, 3.8) is 0 Å². The molecule has 1 aliphatic heterocycles. The average molecular weight is 241 g/mol. The quantitative estimate of drug-likeness (QED) is 0.724. The fourth-order valence-electron chi connectivity index (χ4n) is 2.53. The molecule has 1 heterocycles. The minimum atomic E-state index is 0.168. The normalized spacial score (nSPS) is 23.0. The van der Waals surface area contributed by atoms with Gasteiger partial charge in [0.05, 0.1) is 0 Å². The second kappa shape index (κ2) is 6.97. The van der Waals surface area contributed by atoms with Gasteiger partial charge in [-0.25, -0.2) is 0 Å². The summed E-state index contributed by atoms with van der Waals surface area (Å²) in [5.41, 5.74) is 5.71. The summed E-state index contributed by atoms with van der Waals surface area (Å²) in [6, 6.07) is 0.338. The first-order chi connectivity index (χ1) is 8.01. The number of amides is 1. The number of carbonyl (C=O) groups excluding carboxylic acids is 1. The summed E-state index contributed by atoms with van der Waals surface area (Å²) in [6.45, 7) is 7.01. The van der Waals surface area contributed by atoms with Gasteiger partial charge in [0.1, 0.15) is 0 Å². The number of hydrogen-bond donors (Lipinski definition) is 2. The lowest BCUT2D eigenvalue weighted by molar-refractivity contribution is -0.122. The Morgan fingerprint density at radius 3 is 2.71 bits per heavy atom. The molecule has 0 aromatic heterocycles. The first-order valence-corrected chi connectivity index (χ1v) is 6.69. The van der Waals surface area contributed by atoms with Gasteiger partial charge in [-0.1, -0.05) is 13.8 Å². The zero-order valence-electron chi connectivity index (χ0n) is 11.4. The molecule has 0 spiro atoms. The van der Waals surface area contributed by atoms with E-state index < -0.39 is 0 Å². The van der Waals surface area contributed by atoms with Crippen LogP contribution in [0.25, 0.3) is 0 Å². The maximum Gasteiger partial charge on any atom is 0.220 e. The van der Waals surface area contributed by atoms with Gasteiger partial charge in [-0.05, 0) is 44.8 Å². The molecule has 17 heavy (non-hydrogen) atoms. The lowest BCUT2D eigenvalue weighted by Gasteiger charge is -2.18. The standard InChI is InChI=1S/C13H27N3O/c1-10(2)6-11(8-14)7-13(17)15-12-4-5-16(3)9-12/h10-12H,4-9,14H2,1-3H3,(H,15,17). The summed E-state index contributed by atoms with van der Waals surface area (Å²) in [5.74, 6) is 1.10. The lowest BCUT2D eigenvalue weighted by Crippen LogP contribution is -2.38. The highest BCUT2D eigenvalue weighted by Gasteiger charge is 2.22. The highest BCUT2D eigenvalue weighted by Crippen LogP contribution is 2.14. The van der Waals surface area contributed by atoms with Crippen LogP contribution in [0.1, 0.15) is 33.1 Å². The molecular formula is C13H27N3O. The fourth-order valence-corrected chi connectivity index (χ4v) is 2.53. The van der Waals surface area contributed by atoms with E-state index in [1.165, 1.54) is 0 Å². The van der Waals surface area contributed by atoms with E-state index in [9.17, 15) is 4.79 Å². The molecule has 100 valence electrons. The molecule has 0 aliphatic carbocycles. The van der Waals surface area contributed by atoms with Gasteiger partial charge < -0.3 is 16.0 Å². The van der Waals surface area contributed by atoms with Crippen molar-refractivity contribution < 1.29 is 4.79 Å². The van der Waals surface area contributed by atoms with E-state index in [0.717, 1.165) is 25.9 Å². The Bertz CT molecular complexity index is 243. The van der Waals surface area contributed by atoms with Crippen molar-refractivity contribution >= 4 is 5.91 Å². The maximum atomic E-state index is 11.9. The van der Waals surface area contributed by atoms with E-state index >= 15 is 0 Å². The minimum absolute atomic E-state index is 0.168. The molecule has 3 N–H and O–H groups in total. The van der Waals surface area contributed by atoms with Gasteiger partial charge in [0, 0.05) is 19.0 Å². The molecule has 1 aliphatic rings. The number of likely N-dealkylation sites (tertiary alicyclic amines) is 1. The molecule has 0 radical (unpaired) electrons. The molecule has 1 rings (SSSR count). The van der Waals surface area contributed by atoms with Gasteiger partial charge in [0.25, 0.3) is 0 Å². The Morgan fingerprint density at radius 1 is 1.53 bits per heavy atom. The van der Waals surface area contributed by atoms with Crippen molar-refractivity contribution in [3.8, 4) is 0 Å². The third-order valence-electron chi connectivity index (χ3n) is 3.37. The lowest BCUT2D eigenvalue weighted by atomic mass is 9.94. The zero-order valence-corrected chi connectivity index (χ0v) is 11.4. The number of nitrogens with zero attached hydrogens (tertiary/aromatic N) is 1. The average Bonchev–Trinajstić information content (AvgIpc) is 2.62. The van der Waals surface area contributed by atoms with Crippen LogP contribution in [0, 0.1) is 11.8 Å².